The molecule has 0 spiro atoms. The highest BCUT2D eigenvalue weighted by molar-refractivity contribution is 5.68. The first-order valence-corrected chi connectivity index (χ1v) is 6.63. The van der Waals surface area contributed by atoms with E-state index in [0.717, 1.165) is 38.9 Å². The Morgan fingerprint density at radius 2 is 1.94 bits per heavy atom. The van der Waals surface area contributed by atoms with Crippen LogP contribution in [0.2, 0.25) is 0 Å². The van der Waals surface area contributed by atoms with Crippen molar-refractivity contribution in [1.29, 1.82) is 0 Å². The summed E-state index contributed by atoms with van der Waals surface area (Å²) in [6.07, 6.45) is 3.04. The lowest BCUT2D eigenvalue weighted by atomic mass is 10.1. The highest BCUT2D eigenvalue weighted by Gasteiger charge is 2.26. The Bertz CT molecular complexity index is 240. The molecule has 0 aliphatic carbocycles. The number of carbonyl (C=O) groups is 1. The molecule has 4 heteroatoms. The summed E-state index contributed by atoms with van der Waals surface area (Å²) in [5.74, 6) is 0. The number of nitrogens with one attached hydrogen (secondary N) is 1. The van der Waals surface area contributed by atoms with E-state index in [4.69, 9.17) is 4.74 Å². The third-order valence-corrected chi connectivity index (χ3v) is 2.83. The lowest BCUT2D eigenvalue weighted by molar-refractivity contribution is 0.0198. The summed E-state index contributed by atoms with van der Waals surface area (Å²) in [7, 11) is 0. The Morgan fingerprint density at radius 1 is 1.35 bits per heavy atom. The molecule has 1 heterocycles. The first kappa shape index (κ1) is 14.3. The molecule has 0 unspecified atom stereocenters. The molecule has 17 heavy (non-hydrogen) atoms. The second-order valence-corrected chi connectivity index (χ2v) is 5.70. The van der Waals surface area contributed by atoms with Crippen molar-refractivity contribution in [2.75, 3.05) is 19.6 Å². The molecule has 1 N–H and O–H groups in total. The predicted octanol–water partition coefficient (Wildman–Crippen LogP) is 2.39. The van der Waals surface area contributed by atoms with Crippen LogP contribution in [-0.4, -0.2) is 42.3 Å². The van der Waals surface area contributed by atoms with E-state index in [2.05, 4.69) is 12.2 Å². The van der Waals surface area contributed by atoms with E-state index in [0.29, 0.717) is 6.04 Å². The Labute approximate surface area is 105 Å². The van der Waals surface area contributed by atoms with E-state index in [1.165, 1.54) is 0 Å². The van der Waals surface area contributed by atoms with Crippen molar-refractivity contribution < 1.29 is 9.53 Å². The van der Waals surface area contributed by atoms with E-state index in [9.17, 15) is 4.79 Å². The van der Waals surface area contributed by atoms with Crippen LogP contribution >= 0.6 is 0 Å². The number of hydrogen-bond donors (Lipinski definition) is 1. The van der Waals surface area contributed by atoms with Crippen LogP contribution in [0.4, 0.5) is 4.79 Å². The van der Waals surface area contributed by atoms with Crippen molar-refractivity contribution in [3.05, 3.63) is 0 Å². The van der Waals surface area contributed by atoms with Gasteiger partial charge in [0.1, 0.15) is 5.60 Å². The summed E-state index contributed by atoms with van der Waals surface area (Å²) < 4.78 is 5.36. The van der Waals surface area contributed by atoms with Gasteiger partial charge < -0.3 is 15.0 Å². The fourth-order valence-electron chi connectivity index (χ4n) is 1.94. The van der Waals surface area contributed by atoms with Crippen molar-refractivity contribution in [2.24, 2.45) is 0 Å². The molecule has 1 aliphatic heterocycles. The normalized spacial score (nSPS) is 18.2. The van der Waals surface area contributed by atoms with Crippen LogP contribution in [0.3, 0.4) is 0 Å². The molecule has 0 bridgehead atoms. The zero-order valence-electron chi connectivity index (χ0n) is 11.6. The largest absolute Gasteiger partial charge is 0.444 e. The maximum absolute atomic E-state index is 11.8. The summed E-state index contributed by atoms with van der Waals surface area (Å²) in [6, 6.07) is 0.564. The molecule has 1 amide bonds. The molecular formula is C13H26N2O2. The quantitative estimate of drug-likeness (QED) is 0.826. The summed E-state index contributed by atoms with van der Waals surface area (Å²) in [5, 5.41) is 3.50. The first-order valence-electron chi connectivity index (χ1n) is 6.63. The summed E-state index contributed by atoms with van der Waals surface area (Å²) in [5.41, 5.74) is -0.394. The highest BCUT2D eigenvalue weighted by atomic mass is 16.6. The number of amides is 1. The fourth-order valence-corrected chi connectivity index (χ4v) is 1.94. The number of nitrogens with zero attached hydrogens (tertiary/aromatic N) is 1. The van der Waals surface area contributed by atoms with Crippen LogP contribution < -0.4 is 5.32 Å². The number of hydrogen-bond acceptors (Lipinski definition) is 3. The minimum absolute atomic E-state index is 0.175. The van der Waals surface area contributed by atoms with Gasteiger partial charge in [-0.15, -0.1) is 0 Å². The number of ether oxygens (including phenoxy) is 1. The Hall–Kier alpha value is -0.770. The molecule has 100 valence electrons. The van der Waals surface area contributed by atoms with Gasteiger partial charge in [-0.1, -0.05) is 6.92 Å². The highest BCUT2D eigenvalue weighted by Crippen LogP contribution is 2.15. The Kier molecular flexibility index (Phi) is 5.25. The topological polar surface area (TPSA) is 41.6 Å². The van der Waals surface area contributed by atoms with Crippen LogP contribution in [0.15, 0.2) is 0 Å². The van der Waals surface area contributed by atoms with Crippen molar-refractivity contribution in [2.45, 2.75) is 58.6 Å². The third-order valence-electron chi connectivity index (χ3n) is 2.83. The molecule has 1 aliphatic rings. The Balaban J connectivity index is 2.29. The van der Waals surface area contributed by atoms with E-state index in [1.54, 1.807) is 0 Å². The number of likely N-dealkylation sites (tertiary alicyclic amines) is 1. The van der Waals surface area contributed by atoms with Crippen molar-refractivity contribution in [3.63, 3.8) is 0 Å². The zero-order chi connectivity index (χ0) is 12.9. The van der Waals surface area contributed by atoms with Crippen LogP contribution in [-0.2, 0) is 4.74 Å². The predicted molar refractivity (Wildman–Crippen MR) is 69.1 cm³/mol. The molecule has 4 nitrogen and oxygen atoms in total. The number of carbonyl (C=O) groups excluding carboxylic acids is 1. The lowest BCUT2D eigenvalue weighted by Crippen LogP contribution is -2.46. The SMILES string of the molecule is CCCNC1CCN(C(=O)OC(C)(C)C)CC1. The first-order chi connectivity index (χ1) is 7.92. The van der Waals surface area contributed by atoms with Gasteiger partial charge in [0.25, 0.3) is 0 Å². The smallest absolute Gasteiger partial charge is 0.410 e. The molecule has 1 fully saturated rings. The van der Waals surface area contributed by atoms with Crippen LogP contribution in [0.25, 0.3) is 0 Å². The van der Waals surface area contributed by atoms with Crippen LogP contribution in [0.1, 0.15) is 47.0 Å². The second-order valence-electron chi connectivity index (χ2n) is 5.70. The molecule has 1 saturated heterocycles. The average Bonchev–Trinajstić information content (AvgIpc) is 2.24. The van der Waals surface area contributed by atoms with Gasteiger partial charge in [-0.25, -0.2) is 4.79 Å². The van der Waals surface area contributed by atoms with E-state index in [-0.39, 0.29) is 6.09 Å². The van der Waals surface area contributed by atoms with Gasteiger partial charge in [-0.3, -0.25) is 0 Å². The number of rotatable bonds is 3. The lowest BCUT2D eigenvalue weighted by Gasteiger charge is -2.33. The van der Waals surface area contributed by atoms with Crippen LogP contribution in [0, 0.1) is 0 Å². The molecule has 0 aromatic carbocycles. The molecule has 1 rings (SSSR count). The van der Waals surface area contributed by atoms with Gasteiger partial charge in [-0.2, -0.15) is 0 Å². The van der Waals surface area contributed by atoms with Crippen molar-refractivity contribution >= 4 is 6.09 Å². The molecule has 0 aromatic heterocycles. The molecule has 0 aromatic rings. The monoisotopic (exact) mass is 242 g/mol. The van der Waals surface area contributed by atoms with E-state index >= 15 is 0 Å². The second kappa shape index (κ2) is 6.24. The maximum Gasteiger partial charge on any atom is 0.410 e. The number of piperidine rings is 1. The fraction of sp³-hybridized carbons (Fsp3) is 0.923. The van der Waals surface area contributed by atoms with Gasteiger partial charge in [-0.05, 0) is 46.6 Å². The molecule has 0 saturated carbocycles. The van der Waals surface area contributed by atoms with E-state index in [1.807, 2.05) is 25.7 Å². The van der Waals surface area contributed by atoms with Gasteiger partial charge in [0, 0.05) is 19.1 Å². The zero-order valence-corrected chi connectivity index (χ0v) is 11.6. The standard InChI is InChI=1S/C13H26N2O2/c1-5-8-14-11-6-9-15(10-7-11)12(16)17-13(2,3)4/h11,14H,5-10H2,1-4H3. The van der Waals surface area contributed by atoms with Gasteiger partial charge >= 0.3 is 6.09 Å². The molecule has 0 atom stereocenters. The van der Waals surface area contributed by atoms with Gasteiger partial charge in [0.15, 0.2) is 0 Å². The summed E-state index contributed by atoms with van der Waals surface area (Å²) in [4.78, 5) is 13.6. The van der Waals surface area contributed by atoms with Gasteiger partial charge in [0.05, 0.1) is 0 Å². The van der Waals surface area contributed by atoms with Crippen molar-refractivity contribution in [3.8, 4) is 0 Å². The van der Waals surface area contributed by atoms with Crippen molar-refractivity contribution in [1.82, 2.24) is 10.2 Å². The molecular weight excluding hydrogens is 216 g/mol. The summed E-state index contributed by atoms with van der Waals surface area (Å²) >= 11 is 0. The van der Waals surface area contributed by atoms with E-state index < -0.39 is 5.60 Å². The van der Waals surface area contributed by atoms with Gasteiger partial charge in [0.2, 0.25) is 0 Å². The van der Waals surface area contributed by atoms with Crippen LogP contribution in [0.5, 0.6) is 0 Å². The Morgan fingerprint density at radius 3 is 2.41 bits per heavy atom. The minimum Gasteiger partial charge on any atom is -0.444 e. The third kappa shape index (κ3) is 5.39. The summed E-state index contributed by atoms with van der Waals surface area (Å²) in [6.45, 7) is 10.5. The average molecular weight is 242 g/mol. The minimum atomic E-state index is -0.394. The maximum atomic E-state index is 11.8. The molecule has 0 radical (unpaired) electrons.